The average Bonchev–Trinajstić information content (AvgIpc) is 2.63. The highest BCUT2D eigenvalue weighted by Gasteiger charge is 2.52. The minimum atomic E-state index is -2.02. The lowest BCUT2D eigenvalue weighted by molar-refractivity contribution is -0.0163. The van der Waals surface area contributed by atoms with E-state index >= 15 is 0 Å². The van der Waals surface area contributed by atoms with E-state index in [1.807, 2.05) is 0 Å². The van der Waals surface area contributed by atoms with E-state index in [2.05, 4.69) is 67.7 Å². The predicted molar refractivity (Wildman–Crippen MR) is 105 cm³/mol. The SMILES string of the molecule is CC(C)(C)[Si](C)(C)O[C@@H]1[C@@H](O[Si](C)(C)C(C)(C)C)[C@@H](CO)C[C@H]1O. The lowest BCUT2D eigenvalue weighted by atomic mass is 10.1. The summed E-state index contributed by atoms with van der Waals surface area (Å²) in [5.41, 5.74) is 0. The Kier molecular flexibility index (Phi) is 6.62. The van der Waals surface area contributed by atoms with E-state index in [4.69, 9.17) is 8.85 Å². The van der Waals surface area contributed by atoms with Crippen LogP contribution in [0.4, 0.5) is 0 Å². The molecule has 0 aromatic carbocycles. The van der Waals surface area contributed by atoms with Gasteiger partial charge < -0.3 is 19.1 Å². The first-order chi connectivity index (χ1) is 10.5. The van der Waals surface area contributed by atoms with E-state index < -0.39 is 22.7 Å². The van der Waals surface area contributed by atoms with E-state index in [1.165, 1.54) is 0 Å². The van der Waals surface area contributed by atoms with Crippen LogP contribution >= 0.6 is 0 Å². The zero-order valence-electron chi connectivity index (χ0n) is 17.4. The lowest BCUT2D eigenvalue weighted by Gasteiger charge is -2.44. The molecular formula is C18H40O4Si2. The van der Waals surface area contributed by atoms with Gasteiger partial charge in [0.25, 0.3) is 0 Å². The lowest BCUT2D eigenvalue weighted by Crippen LogP contribution is -2.53. The fraction of sp³-hybridized carbons (Fsp3) is 1.00. The van der Waals surface area contributed by atoms with Gasteiger partial charge in [-0.05, 0) is 42.7 Å². The molecule has 0 heterocycles. The van der Waals surface area contributed by atoms with Crippen molar-refractivity contribution in [1.29, 1.82) is 0 Å². The van der Waals surface area contributed by atoms with Crippen molar-refractivity contribution in [2.45, 2.75) is 103 Å². The highest BCUT2D eigenvalue weighted by atomic mass is 28.4. The Morgan fingerprint density at radius 3 is 1.54 bits per heavy atom. The largest absolute Gasteiger partial charge is 0.411 e. The smallest absolute Gasteiger partial charge is 0.192 e. The van der Waals surface area contributed by atoms with E-state index in [0.717, 1.165) is 0 Å². The molecule has 1 aliphatic carbocycles. The third-order valence-corrected chi connectivity index (χ3v) is 15.4. The summed E-state index contributed by atoms with van der Waals surface area (Å²) in [6.45, 7) is 22.1. The van der Waals surface area contributed by atoms with Crippen molar-refractivity contribution in [2.75, 3.05) is 6.61 Å². The molecule has 144 valence electrons. The molecule has 0 unspecified atom stereocenters. The topological polar surface area (TPSA) is 58.9 Å². The van der Waals surface area contributed by atoms with Gasteiger partial charge in [-0.1, -0.05) is 41.5 Å². The minimum Gasteiger partial charge on any atom is -0.411 e. The standard InChI is InChI=1S/C18H40O4Si2/c1-17(2,3)23(7,8)21-15-13(12-19)11-14(20)16(15)22-24(9,10)18(4,5)6/h13-16,19-20H,11-12H2,1-10H3/t13-,14-,15+,16+/m1/s1. The summed E-state index contributed by atoms with van der Waals surface area (Å²) >= 11 is 0. The molecule has 4 atom stereocenters. The van der Waals surface area contributed by atoms with Crippen LogP contribution in [0.15, 0.2) is 0 Å². The molecular weight excluding hydrogens is 336 g/mol. The van der Waals surface area contributed by atoms with Gasteiger partial charge in [-0.25, -0.2) is 0 Å². The van der Waals surface area contributed by atoms with Crippen molar-refractivity contribution in [2.24, 2.45) is 5.92 Å². The second-order valence-corrected chi connectivity index (χ2v) is 19.9. The van der Waals surface area contributed by atoms with Gasteiger partial charge >= 0.3 is 0 Å². The number of rotatable bonds is 5. The van der Waals surface area contributed by atoms with E-state index in [9.17, 15) is 10.2 Å². The molecule has 0 radical (unpaired) electrons. The summed E-state index contributed by atoms with van der Waals surface area (Å²) in [5.74, 6) is -0.0520. The van der Waals surface area contributed by atoms with Crippen molar-refractivity contribution in [3.63, 3.8) is 0 Å². The Balaban J connectivity index is 3.08. The monoisotopic (exact) mass is 376 g/mol. The molecule has 1 rings (SSSR count). The van der Waals surface area contributed by atoms with Crippen molar-refractivity contribution >= 4 is 16.6 Å². The molecule has 0 aromatic rings. The fourth-order valence-electron chi connectivity index (χ4n) is 2.59. The Hall–Kier alpha value is 0.274. The molecule has 0 amide bonds. The van der Waals surface area contributed by atoms with E-state index in [0.29, 0.717) is 6.42 Å². The second-order valence-electron chi connectivity index (χ2n) is 10.4. The van der Waals surface area contributed by atoms with Gasteiger partial charge in [0, 0.05) is 12.5 Å². The van der Waals surface area contributed by atoms with Crippen molar-refractivity contribution in [3.05, 3.63) is 0 Å². The molecule has 0 bridgehead atoms. The third-order valence-electron chi connectivity index (χ3n) is 6.42. The van der Waals surface area contributed by atoms with Gasteiger partial charge in [-0.2, -0.15) is 0 Å². The summed E-state index contributed by atoms with van der Waals surface area (Å²) in [4.78, 5) is 0. The van der Waals surface area contributed by atoms with Crippen LogP contribution in [0.5, 0.6) is 0 Å². The predicted octanol–water partition coefficient (Wildman–Crippen LogP) is 4.14. The van der Waals surface area contributed by atoms with Crippen LogP contribution in [0.1, 0.15) is 48.0 Å². The maximum absolute atomic E-state index is 10.6. The molecule has 0 spiro atoms. The molecule has 6 heteroatoms. The maximum Gasteiger partial charge on any atom is 0.192 e. The highest BCUT2D eigenvalue weighted by Crippen LogP contribution is 2.44. The molecule has 0 aliphatic heterocycles. The first-order valence-electron chi connectivity index (χ1n) is 9.18. The summed E-state index contributed by atoms with van der Waals surface area (Å²) in [6.07, 6.45) is -0.571. The highest BCUT2D eigenvalue weighted by molar-refractivity contribution is 6.74. The summed E-state index contributed by atoms with van der Waals surface area (Å²) in [5, 5.41) is 20.6. The molecule has 0 saturated heterocycles. The molecule has 1 aliphatic rings. The molecule has 0 aromatic heterocycles. The fourth-order valence-corrected chi connectivity index (χ4v) is 5.27. The zero-order valence-corrected chi connectivity index (χ0v) is 19.4. The van der Waals surface area contributed by atoms with Crippen molar-refractivity contribution < 1.29 is 19.1 Å². The third kappa shape index (κ3) is 4.71. The summed E-state index contributed by atoms with van der Waals surface area (Å²) in [7, 11) is -4.03. The minimum absolute atomic E-state index is 0.0354. The second kappa shape index (κ2) is 7.12. The van der Waals surface area contributed by atoms with Gasteiger partial charge in [-0.3, -0.25) is 0 Å². The molecule has 2 N–H and O–H groups in total. The van der Waals surface area contributed by atoms with Crippen LogP contribution in [0, 0.1) is 5.92 Å². The molecule has 4 nitrogen and oxygen atoms in total. The Labute approximate surface area is 151 Å². The first-order valence-corrected chi connectivity index (χ1v) is 15.0. The van der Waals surface area contributed by atoms with Gasteiger partial charge in [0.15, 0.2) is 16.6 Å². The van der Waals surface area contributed by atoms with Gasteiger partial charge in [0.05, 0.1) is 18.3 Å². The summed E-state index contributed by atoms with van der Waals surface area (Å²) < 4.78 is 13.2. The van der Waals surface area contributed by atoms with E-state index in [-0.39, 0.29) is 34.8 Å². The van der Waals surface area contributed by atoms with Crippen LogP contribution in [0.3, 0.4) is 0 Å². The van der Waals surface area contributed by atoms with Crippen LogP contribution in [-0.4, -0.2) is 51.8 Å². The maximum atomic E-state index is 10.6. The van der Waals surface area contributed by atoms with Crippen LogP contribution in [0.25, 0.3) is 0 Å². The van der Waals surface area contributed by atoms with Gasteiger partial charge in [0.1, 0.15) is 0 Å². The first kappa shape index (κ1) is 22.3. The van der Waals surface area contributed by atoms with Gasteiger partial charge in [-0.15, -0.1) is 0 Å². The molecule has 1 fully saturated rings. The summed E-state index contributed by atoms with van der Waals surface area (Å²) in [6, 6.07) is 0. The number of aliphatic hydroxyl groups excluding tert-OH is 2. The average molecular weight is 377 g/mol. The van der Waals surface area contributed by atoms with Crippen molar-refractivity contribution in [3.8, 4) is 0 Å². The van der Waals surface area contributed by atoms with Crippen LogP contribution < -0.4 is 0 Å². The molecule has 1 saturated carbocycles. The number of hydrogen-bond acceptors (Lipinski definition) is 4. The Bertz CT molecular complexity index is 424. The Morgan fingerprint density at radius 1 is 0.833 bits per heavy atom. The number of hydrogen-bond donors (Lipinski definition) is 2. The van der Waals surface area contributed by atoms with Crippen LogP contribution in [-0.2, 0) is 8.85 Å². The van der Waals surface area contributed by atoms with Crippen molar-refractivity contribution in [1.82, 2.24) is 0 Å². The normalized spacial score (nSPS) is 30.0. The zero-order chi connectivity index (χ0) is 19.1. The van der Waals surface area contributed by atoms with Gasteiger partial charge in [0.2, 0.25) is 0 Å². The molecule has 24 heavy (non-hydrogen) atoms. The van der Waals surface area contributed by atoms with E-state index in [1.54, 1.807) is 0 Å². The number of aliphatic hydroxyl groups is 2. The van der Waals surface area contributed by atoms with Crippen LogP contribution in [0.2, 0.25) is 36.3 Å². The quantitative estimate of drug-likeness (QED) is 0.708. The Morgan fingerprint density at radius 2 is 1.21 bits per heavy atom.